The van der Waals surface area contributed by atoms with E-state index < -0.39 is 17.5 Å². The van der Waals surface area contributed by atoms with E-state index >= 15 is 0 Å². The SMILES string of the molecule is O=C1NC(=O)C(c2ccccc2)(c2ccc(F)c(C3CC3)c2)N1. The van der Waals surface area contributed by atoms with Crippen LogP contribution in [0, 0.1) is 5.82 Å². The van der Waals surface area contributed by atoms with E-state index in [1.54, 1.807) is 36.4 Å². The van der Waals surface area contributed by atoms with Crippen molar-refractivity contribution in [1.29, 1.82) is 0 Å². The molecule has 0 radical (unpaired) electrons. The van der Waals surface area contributed by atoms with Crippen molar-refractivity contribution in [2.75, 3.05) is 0 Å². The normalized spacial score (nSPS) is 23.5. The van der Waals surface area contributed by atoms with E-state index in [9.17, 15) is 14.0 Å². The second kappa shape index (κ2) is 4.91. The van der Waals surface area contributed by atoms with Crippen molar-refractivity contribution in [1.82, 2.24) is 10.6 Å². The second-order valence-corrected chi connectivity index (χ2v) is 6.03. The van der Waals surface area contributed by atoms with E-state index in [1.165, 1.54) is 6.07 Å². The number of nitrogens with one attached hydrogen (secondary N) is 2. The van der Waals surface area contributed by atoms with Gasteiger partial charge in [0.15, 0.2) is 5.54 Å². The van der Waals surface area contributed by atoms with Crippen molar-refractivity contribution in [3.05, 3.63) is 71.0 Å². The summed E-state index contributed by atoms with van der Waals surface area (Å²) in [7, 11) is 0. The van der Waals surface area contributed by atoms with Gasteiger partial charge in [-0.3, -0.25) is 10.1 Å². The Balaban J connectivity index is 1.92. The lowest BCUT2D eigenvalue weighted by atomic mass is 9.82. The highest BCUT2D eigenvalue weighted by Gasteiger charge is 2.49. The van der Waals surface area contributed by atoms with Crippen LogP contribution < -0.4 is 10.6 Å². The van der Waals surface area contributed by atoms with Crippen LogP contribution in [0.1, 0.15) is 35.4 Å². The van der Waals surface area contributed by atoms with Gasteiger partial charge >= 0.3 is 6.03 Å². The van der Waals surface area contributed by atoms with E-state index in [-0.39, 0.29) is 11.7 Å². The number of imide groups is 1. The molecule has 23 heavy (non-hydrogen) atoms. The van der Waals surface area contributed by atoms with Gasteiger partial charge in [0.1, 0.15) is 5.82 Å². The van der Waals surface area contributed by atoms with E-state index in [0.29, 0.717) is 16.7 Å². The Labute approximate surface area is 132 Å². The fraction of sp³-hybridized carbons (Fsp3) is 0.222. The molecule has 2 aromatic carbocycles. The first-order valence-electron chi connectivity index (χ1n) is 7.60. The number of amides is 3. The van der Waals surface area contributed by atoms with E-state index in [4.69, 9.17) is 0 Å². The van der Waals surface area contributed by atoms with Crippen LogP contribution in [0.15, 0.2) is 48.5 Å². The Kier molecular flexibility index (Phi) is 2.98. The zero-order valence-corrected chi connectivity index (χ0v) is 12.3. The van der Waals surface area contributed by atoms with Gasteiger partial charge in [-0.25, -0.2) is 9.18 Å². The Morgan fingerprint density at radius 1 is 1.00 bits per heavy atom. The third-order valence-electron chi connectivity index (χ3n) is 4.52. The number of benzene rings is 2. The maximum absolute atomic E-state index is 14.1. The van der Waals surface area contributed by atoms with Crippen molar-refractivity contribution in [2.24, 2.45) is 0 Å². The summed E-state index contributed by atoms with van der Waals surface area (Å²) in [5.41, 5.74) is 0.536. The van der Waals surface area contributed by atoms with Gasteiger partial charge in [0.2, 0.25) is 0 Å². The first-order valence-corrected chi connectivity index (χ1v) is 7.60. The summed E-state index contributed by atoms with van der Waals surface area (Å²) in [5.74, 6) is -0.491. The van der Waals surface area contributed by atoms with Crippen molar-refractivity contribution >= 4 is 11.9 Å². The maximum atomic E-state index is 14.1. The Morgan fingerprint density at radius 2 is 1.74 bits per heavy atom. The van der Waals surface area contributed by atoms with Gasteiger partial charge in [0.25, 0.3) is 5.91 Å². The smallest absolute Gasteiger partial charge is 0.316 e. The maximum Gasteiger partial charge on any atom is 0.322 e. The Hall–Kier alpha value is -2.69. The average molecular weight is 310 g/mol. The molecule has 2 aliphatic rings. The molecule has 1 saturated heterocycles. The highest BCUT2D eigenvalue weighted by molar-refractivity contribution is 6.09. The van der Waals surface area contributed by atoms with Crippen LogP contribution in [0.2, 0.25) is 0 Å². The van der Waals surface area contributed by atoms with Gasteiger partial charge in [-0.2, -0.15) is 0 Å². The summed E-state index contributed by atoms with van der Waals surface area (Å²) in [5, 5.41) is 5.03. The average Bonchev–Trinajstić information content (AvgIpc) is 3.34. The molecular weight excluding hydrogens is 295 g/mol. The number of urea groups is 1. The summed E-state index contributed by atoms with van der Waals surface area (Å²) in [4.78, 5) is 24.4. The molecule has 1 atom stereocenters. The molecule has 0 aromatic heterocycles. The molecule has 4 rings (SSSR count). The predicted octanol–water partition coefficient (Wildman–Crippen LogP) is 2.79. The minimum absolute atomic E-state index is 0.211. The van der Waals surface area contributed by atoms with Crippen molar-refractivity contribution in [3.63, 3.8) is 0 Å². The van der Waals surface area contributed by atoms with Crippen LogP contribution in [0.4, 0.5) is 9.18 Å². The van der Waals surface area contributed by atoms with Crippen LogP contribution in [0.25, 0.3) is 0 Å². The van der Waals surface area contributed by atoms with Crippen LogP contribution in [0.5, 0.6) is 0 Å². The van der Waals surface area contributed by atoms with Gasteiger partial charge < -0.3 is 5.32 Å². The number of halogens is 1. The third kappa shape index (κ3) is 2.11. The lowest BCUT2D eigenvalue weighted by Crippen LogP contribution is -2.45. The molecule has 5 heteroatoms. The van der Waals surface area contributed by atoms with Gasteiger partial charge in [-0.1, -0.05) is 36.4 Å². The second-order valence-electron chi connectivity index (χ2n) is 6.03. The molecule has 1 aliphatic heterocycles. The molecule has 2 N–H and O–H groups in total. The van der Waals surface area contributed by atoms with Crippen LogP contribution in [-0.2, 0) is 10.3 Å². The molecule has 1 heterocycles. The summed E-state index contributed by atoms with van der Waals surface area (Å²) in [6, 6.07) is 13.1. The predicted molar refractivity (Wildman–Crippen MR) is 82.3 cm³/mol. The standard InChI is InChI=1S/C18H15FN2O2/c19-15-9-8-13(10-14(15)11-6-7-11)18(12-4-2-1-3-5-12)16(22)20-17(23)21-18/h1-5,8-11H,6-7H2,(H2,20,21,22,23). The molecule has 3 amide bonds. The quantitative estimate of drug-likeness (QED) is 0.857. The number of carbonyl (C=O) groups is 2. The summed E-state index contributed by atoms with van der Waals surface area (Å²) >= 11 is 0. The fourth-order valence-electron chi connectivity index (χ4n) is 3.20. The summed E-state index contributed by atoms with van der Waals surface area (Å²) < 4.78 is 14.1. The van der Waals surface area contributed by atoms with Crippen LogP contribution in [-0.4, -0.2) is 11.9 Å². The van der Waals surface area contributed by atoms with Crippen LogP contribution >= 0.6 is 0 Å². The van der Waals surface area contributed by atoms with Crippen molar-refractivity contribution in [3.8, 4) is 0 Å². The first-order chi connectivity index (χ1) is 11.1. The lowest BCUT2D eigenvalue weighted by Gasteiger charge is -2.27. The largest absolute Gasteiger partial charge is 0.322 e. The molecule has 0 spiro atoms. The molecule has 116 valence electrons. The minimum atomic E-state index is -1.31. The van der Waals surface area contributed by atoms with E-state index in [2.05, 4.69) is 10.6 Å². The molecule has 1 aliphatic carbocycles. The number of carbonyl (C=O) groups excluding carboxylic acids is 2. The highest BCUT2D eigenvalue weighted by Crippen LogP contribution is 2.43. The molecule has 2 fully saturated rings. The minimum Gasteiger partial charge on any atom is -0.316 e. The molecular formula is C18H15FN2O2. The third-order valence-corrected chi connectivity index (χ3v) is 4.52. The zero-order valence-electron chi connectivity index (χ0n) is 12.3. The highest BCUT2D eigenvalue weighted by atomic mass is 19.1. The molecule has 2 aromatic rings. The number of hydrogen-bond donors (Lipinski definition) is 2. The summed E-state index contributed by atoms with van der Waals surface area (Å²) in [6.07, 6.45) is 1.91. The fourth-order valence-corrected chi connectivity index (χ4v) is 3.20. The first kappa shape index (κ1) is 13.9. The van der Waals surface area contributed by atoms with E-state index in [0.717, 1.165) is 12.8 Å². The molecule has 1 saturated carbocycles. The Morgan fingerprint density at radius 3 is 2.35 bits per heavy atom. The van der Waals surface area contributed by atoms with Gasteiger partial charge in [-0.15, -0.1) is 0 Å². The lowest BCUT2D eigenvalue weighted by molar-refractivity contribution is -0.122. The molecule has 1 unspecified atom stereocenters. The van der Waals surface area contributed by atoms with Gasteiger partial charge in [0.05, 0.1) is 0 Å². The number of hydrogen-bond acceptors (Lipinski definition) is 2. The van der Waals surface area contributed by atoms with Gasteiger partial charge in [-0.05, 0) is 47.6 Å². The van der Waals surface area contributed by atoms with Crippen LogP contribution in [0.3, 0.4) is 0 Å². The number of rotatable bonds is 3. The Bertz CT molecular complexity index is 802. The van der Waals surface area contributed by atoms with Crippen molar-refractivity contribution < 1.29 is 14.0 Å². The topological polar surface area (TPSA) is 58.2 Å². The molecule has 4 nitrogen and oxygen atoms in total. The van der Waals surface area contributed by atoms with Gasteiger partial charge in [0, 0.05) is 0 Å². The van der Waals surface area contributed by atoms with Crippen molar-refractivity contribution in [2.45, 2.75) is 24.3 Å². The summed E-state index contributed by atoms with van der Waals surface area (Å²) in [6.45, 7) is 0. The zero-order chi connectivity index (χ0) is 16.0. The monoisotopic (exact) mass is 310 g/mol. The van der Waals surface area contributed by atoms with E-state index in [1.807, 2.05) is 6.07 Å². The molecule has 0 bridgehead atoms.